The lowest BCUT2D eigenvalue weighted by Gasteiger charge is -2.46. The number of hydrogen-bond donors (Lipinski definition) is 1. The third-order valence-electron chi connectivity index (χ3n) is 5.28. The van der Waals surface area contributed by atoms with Gasteiger partial charge in [-0.15, -0.1) is 0 Å². The lowest BCUT2D eigenvalue weighted by molar-refractivity contribution is -0.0870. The number of carbonyl (C=O) groups is 1. The molecule has 0 unspecified atom stereocenters. The van der Waals surface area contributed by atoms with Crippen LogP contribution in [-0.2, 0) is 23.8 Å². The highest BCUT2D eigenvalue weighted by Gasteiger charge is 2.47. The molecule has 2 aliphatic rings. The van der Waals surface area contributed by atoms with Crippen molar-refractivity contribution in [1.29, 1.82) is 0 Å². The van der Waals surface area contributed by atoms with Crippen molar-refractivity contribution in [1.82, 2.24) is 14.7 Å². The normalized spacial score (nSPS) is 23.7. The fourth-order valence-corrected chi connectivity index (χ4v) is 4.02. The Bertz CT molecular complexity index is 901. The van der Waals surface area contributed by atoms with Crippen molar-refractivity contribution in [2.75, 3.05) is 13.1 Å². The first-order chi connectivity index (χ1) is 12.7. The quantitative estimate of drug-likeness (QED) is 0.870. The molecular formula is C19H21F2N3O3. The molecule has 1 aromatic heterocycles. The number of benzene rings is 1. The van der Waals surface area contributed by atoms with E-state index < -0.39 is 17.2 Å². The number of likely N-dealkylation sites (tertiary alicyclic amines) is 1. The van der Waals surface area contributed by atoms with Crippen molar-refractivity contribution in [2.45, 2.75) is 38.1 Å². The van der Waals surface area contributed by atoms with E-state index in [1.165, 1.54) is 4.90 Å². The molecule has 0 bridgehead atoms. The van der Waals surface area contributed by atoms with Gasteiger partial charge in [0.15, 0.2) is 0 Å². The number of β-amino-alcohol motifs (C(OH)–C–C–N with tert-alkyl or cyclic N) is 1. The average Bonchev–Trinajstić information content (AvgIpc) is 2.86. The van der Waals surface area contributed by atoms with Crippen LogP contribution in [0.15, 0.2) is 18.2 Å². The molecule has 2 aromatic rings. The first kappa shape index (κ1) is 18.1. The second-order valence-corrected chi connectivity index (χ2v) is 7.48. The SMILES string of the molecule is C[C@@H]1Cc2c(nn(C)c2C(=O)N2CC(O)(c3cc(F)cc(F)c3)C2)[C@H](C)O1. The summed E-state index contributed by atoms with van der Waals surface area (Å²) in [6, 6.07) is 2.94. The van der Waals surface area contributed by atoms with Crippen LogP contribution in [0.2, 0.25) is 0 Å². The first-order valence-corrected chi connectivity index (χ1v) is 8.87. The molecule has 2 atom stereocenters. The largest absolute Gasteiger partial charge is 0.381 e. The van der Waals surface area contributed by atoms with E-state index in [2.05, 4.69) is 5.10 Å². The van der Waals surface area contributed by atoms with Gasteiger partial charge in [0.2, 0.25) is 0 Å². The summed E-state index contributed by atoms with van der Waals surface area (Å²) in [6.45, 7) is 3.78. The molecule has 0 aliphatic carbocycles. The van der Waals surface area contributed by atoms with Crippen molar-refractivity contribution in [3.8, 4) is 0 Å². The Labute approximate surface area is 155 Å². The van der Waals surface area contributed by atoms with Gasteiger partial charge in [-0.05, 0) is 31.5 Å². The molecule has 27 heavy (non-hydrogen) atoms. The fraction of sp³-hybridized carbons (Fsp3) is 0.474. The van der Waals surface area contributed by atoms with Crippen LogP contribution >= 0.6 is 0 Å². The lowest BCUT2D eigenvalue weighted by atomic mass is 9.85. The summed E-state index contributed by atoms with van der Waals surface area (Å²) in [6.07, 6.45) is 0.369. The number of hydrogen-bond acceptors (Lipinski definition) is 4. The molecule has 0 radical (unpaired) electrons. The summed E-state index contributed by atoms with van der Waals surface area (Å²) < 4.78 is 34.2. The minimum absolute atomic E-state index is 0.0214. The van der Waals surface area contributed by atoms with E-state index in [0.29, 0.717) is 12.1 Å². The summed E-state index contributed by atoms with van der Waals surface area (Å²) in [5, 5.41) is 15.1. The predicted molar refractivity (Wildman–Crippen MR) is 92.0 cm³/mol. The summed E-state index contributed by atoms with van der Waals surface area (Å²) in [5.41, 5.74) is 0.759. The number of fused-ring (bicyclic) bond motifs is 1. The minimum atomic E-state index is -1.46. The number of aliphatic hydroxyl groups is 1. The highest BCUT2D eigenvalue weighted by Crippen LogP contribution is 2.36. The van der Waals surface area contributed by atoms with Crippen LogP contribution in [0, 0.1) is 11.6 Å². The van der Waals surface area contributed by atoms with Gasteiger partial charge in [-0.1, -0.05) is 0 Å². The van der Waals surface area contributed by atoms with Gasteiger partial charge in [0.1, 0.15) is 22.9 Å². The number of carbonyl (C=O) groups excluding carboxylic acids is 1. The van der Waals surface area contributed by atoms with Crippen molar-refractivity contribution < 1.29 is 23.4 Å². The van der Waals surface area contributed by atoms with Crippen molar-refractivity contribution in [3.63, 3.8) is 0 Å². The number of aryl methyl sites for hydroxylation is 1. The number of nitrogens with zero attached hydrogens (tertiary/aromatic N) is 3. The van der Waals surface area contributed by atoms with E-state index in [1.54, 1.807) is 11.7 Å². The van der Waals surface area contributed by atoms with Crippen LogP contribution in [0.4, 0.5) is 8.78 Å². The second-order valence-electron chi connectivity index (χ2n) is 7.48. The maximum atomic E-state index is 13.5. The molecule has 2 aliphatic heterocycles. The number of amides is 1. The molecule has 1 N–H and O–H groups in total. The monoisotopic (exact) mass is 377 g/mol. The Balaban J connectivity index is 1.58. The number of rotatable bonds is 2. The van der Waals surface area contributed by atoms with Crippen molar-refractivity contribution in [3.05, 3.63) is 52.3 Å². The Kier molecular flexibility index (Phi) is 4.08. The molecule has 1 saturated heterocycles. The van der Waals surface area contributed by atoms with Gasteiger partial charge < -0.3 is 14.7 Å². The molecule has 144 valence electrons. The van der Waals surface area contributed by atoms with E-state index in [4.69, 9.17) is 4.74 Å². The van der Waals surface area contributed by atoms with Crippen LogP contribution in [-0.4, -0.2) is 44.9 Å². The molecule has 1 amide bonds. The molecular weight excluding hydrogens is 356 g/mol. The molecule has 4 rings (SSSR count). The number of halogens is 2. The summed E-state index contributed by atoms with van der Waals surface area (Å²) >= 11 is 0. The smallest absolute Gasteiger partial charge is 0.272 e. The maximum Gasteiger partial charge on any atom is 0.272 e. The molecule has 1 aromatic carbocycles. The van der Waals surface area contributed by atoms with Crippen LogP contribution in [0.5, 0.6) is 0 Å². The van der Waals surface area contributed by atoms with Gasteiger partial charge in [0, 0.05) is 25.1 Å². The first-order valence-electron chi connectivity index (χ1n) is 8.87. The molecule has 0 saturated carbocycles. The highest BCUT2D eigenvalue weighted by molar-refractivity contribution is 5.95. The third kappa shape index (κ3) is 2.93. The van der Waals surface area contributed by atoms with E-state index in [1.807, 2.05) is 13.8 Å². The van der Waals surface area contributed by atoms with E-state index in [0.717, 1.165) is 29.5 Å². The van der Waals surface area contributed by atoms with Crippen LogP contribution in [0.25, 0.3) is 0 Å². The predicted octanol–water partition coefficient (Wildman–Crippen LogP) is 2.06. The zero-order valence-corrected chi connectivity index (χ0v) is 15.4. The number of aromatic nitrogens is 2. The Morgan fingerprint density at radius 3 is 2.52 bits per heavy atom. The van der Waals surface area contributed by atoms with Gasteiger partial charge in [-0.25, -0.2) is 8.78 Å². The molecule has 3 heterocycles. The Morgan fingerprint density at radius 1 is 1.26 bits per heavy atom. The fourth-order valence-electron chi connectivity index (χ4n) is 4.02. The van der Waals surface area contributed by atoms with Crippen LogP contribution in [0.1, 0.15) is 47.3 Å². The summed E-state index contributed by atoms with van der Waals surface area (Å²) in [7, 11) is 1.71. The molecule has 8 heteroatoms. The van der Waals surface area contributed by atoms with E-state index in [-0.39, 0.29) is 36.8 Å². The third-order valence-corrected chi connectivity index (χ3v) is 5.28. The van der Waals surface area contributed by atoms with Gasteiger partial charge in [0.05, 0.1) is 31.0 Å². The van der Waals surface area contributed by atoms with Crippen LogP contribution < -0.4 is 0 Å². The van der Waals surface area contributed by atoms with Gasteiger partial charge in [-0.2, -0.15) is 5.10 Å². The summed E-state index contributed by atoms with van der Waals surface area (Å²) in [4.78, 5) is 14.5. The zero-order chi connectivity index (χ0) is 19.5. The number of ether oxygens (including phenoxy) is 1. The van der Waals surface area contributed by atoms with Gasteiger partial charge in [0.25, 0.3) is 5.91 Å². The van der Waals surface area contributed by atoms with Crippen molar-refractivity contribution >= 4 is 5.91 Å². The average molecular weight is 377 g/mol. The molecule has 6 nitrogen and oxygen atoms in total. The lowest BCUT2D eigenvalue weighted by Crippen LogP contribution is -2.61. The van der Waals surface area contributed by atoms with Gasteiger partial charge >= 0.3 is 0 Å². The zero-order valence-electron chi connectivity index (χ0n) is 15.4. The van der Waals surface area contributed by atoms with Crippen molar-refractivity contribution in [2.24, 2.45) is 7.05 Å². The standard InChI is InChI=1S/C19H21F2N3O3/c1-10-4-15-16(11(2)27-10)22-23(3)17(15)18(25)24-8-19(26,9-24)12-5-13(20)7-14(21)6-12/h5-7,10-11,26H,4,8-9H2,1-3H3/t10-,11+/m1/s1. The van der Waals surface area contributed by atoms with Crippen LogP contribution in [0.3, 0.4) is 0 Å². The second kappa shape index (κ2) is 6.10. The topological polar surface area (TPSA) is 67.6 Å². The highest BCUT2D eigenvalue weighted by atomic mass is 19.1. The molecule has 0 spiro atoms. The summed E-state index contributed by atoms with van der Waals surface area (Å²) in [5.74, 6) is -1.77. The van der Waals surface area contributed by atoms with E-state index in [9.17, 15) is 18.7 Å². The maximum absolute atomic E-state index is 13.5. The Morgan fingerprint density at radius 2 is 1.89 bits per heavy atom. The Hall–Kier alpha value is -2.32. The van der Waals surface area contributed by atoms with Gasteiger partial charge in [-0.3, -0.25) is 9.48 Å². The minimum Gasteiger partial charge on any atom is -0.381 e. The molecule has 1 fully saturated rings. The van der Waals surface area contributed by atoms with E-state index >= 15 is 0 Å².